The van der Waals surface area contributed by atoms with Crippen molar-refractivity contribution in [3.8, 4) is 5.75 Å². The summed E-state index contributed by atoms with van der Waals surface area (Å²) in [6.45, 7) is 2.70. The van der Waals surface area contributed by atoms with Gasteiger partial charge in [0.25, 0.3) is 0 Å². The lowest BCUT2D eigenvalue weighted by molar-refractivity contribution is 0.200. The molecular weight excluding hydrogens is 256 g/mol. The maximum Gasteiger partial charge on any atom is 0.412 e. The summed E-state index contributed by atoms with van der Waals surface area (Å²) in [6.07, 6.45) is 3.73. The molecule has 1 aromatic carbocycles. The lowest BCUT2D eigenvalue weighted by Crippen LogP contribution is -2.28. The van der Waals surface area contributed by atoms with Gasteiger partial charge >= 0.3 is 6.09 Å². The molecule has 0 saturated heterocycles. The van der Waals surface area contributed by atoms with Crippen LogP contribution < -0.4 is 21.5 Å². The first kappa shape index (κ1) is 15.8. The Kier molecular flexibility index (Phi) is 6.36. The Morgan fingerprint density at radius 2 is 2.10 bits per heavy atom. The molecule has 1 rings (SSSR count). The van der Waals surface area contributed by atoms with Crippen molar-refractivity contribution >= 4 is 17.6 Å². The van der Waals surface area contributed by atoms with Gasteiger partial charge in [0.1, 0.15) is 11.6 Å². The second-order valence-electron chi connectivity index (χ2n) is 4.55. The van der Waals surface area contributed by atoms with Gasteiger partial charge in [-0.25, -0.2) is 4.79 Å². The molecule has 0 aromatic heterocycles. The zero-order chi connectivity index (χ0) is 15.0. The van der Waals surface area contributed by atoms with Gasteiger partial charge in [-0.05, 0) is 18.6 Å². The fraction of sp³-hybridized carbons (Fsp3) is 0.429. The summed E-state index contributed by atoms with van der Waals surface area (Å²) in [5, 5.41) is 10.1. The van der Waals surface area contributed by atoms with Crippen LogP contribution in [0.25, 0.3) is 0 Å². The quantitative estimate of drug-likeness (QED) is 0.265. The van der Waals surface area contributed by atoms with Gasteiger partial charge in [0.05, 0.1) is 5.56 Å². The topological polar surface area (TPSA) is 114 Å². The van der Waals surface area contributed by atoms with Crippen LogP contribution in [0.4, 0.5) is 10.5 Å². The van der Waals surface area contributed by atoms with Gasteiger partial charge in [0.2, 0.25) is 0 Å². The lowest BCUT2D eigenvalue weighted by Gasteiger charge is -2.10. The number of ether oxygens (including phenoxy) is 1. The van der Waals surface area contributed by atoms with Crippen molar-refractivity contribution in [3.63, 3.8) is 0 Å². The van der Waals surface area contributed by atoms with Gasteiger partial charge in [0.15, 0.2) is 0 Å². The third-order valence-corrected chi connectivity index (χ3v) is 2.80. The van der Waals surface area contributed by atoms with Crippen molar-refractivity contribution in [1.82, 2.24) is 5.32 Å². The van der Waals surface area contributed by atoms with Gasteiger partial charge in [-0.1, -0.05) is 26.2 Å². The molecule has 6 heteroatoms. The van der Waals surface area contributed by atoms with Crippen LogP contribution in [0.15, 0.2) is 18.2 Å². The van der Waals surface area contributed by atoms with E-state index in [1.165, 1.54) is 6.07 Å². The summed E-state index contributed by atoms with van der Waals surface area (Å²) >= 11 is 0. The number of benzene rings is 1. The minimum atomic E-state index is -0.561. The summed E-state index contributed by atoms with van der Waals surface area (Å²) in [5.41, 5.74) is 11.9. The molecule has 0 heterocycles. The Hall–Kier alpha value is -2.24. The molecule has 0 spiro atoms. The van der Waals surface area contributed by atoms with Crippen LogP contribution in [0.2, 0.25) is 0 Å². The van der Waals surface area contributed by atoms with E-state index >= 15 is 0 Å². The molecule has 1 aromatic rings. The third kappa shape index (κ3) is 5.17. The highest BCUT2D eigenvalue weighted by Crippen LogP contribution is 2.21. The minimum Gasteiger partial charge on any atom is -0.409 e. The predicted octanol–water partition coefficient (Wildman–Crippen LogP) is 2.22. The smallest absolute Gasteiger partial charge is 0.409 e. The molecule has 6 nitrogen and oxygen atoms in total. The van der Waals surface area contributed by atoms with E-state index in [2.05, 4.69) is 12.2 Å². The number of hydrogen-bond donors (Lipinski definition) is 4. The molecule has 0 aliphatic rings. The zero-order valence-electron chi connectivity index (χ0n) is 11.7. The molecule has 0 aliphatic carbocycles. The number of nitrogen functional groups attached to an aromatic ring is 2. The van der Waals surface area contributed by atoms with Crippen molar-refractivity contribution in [2.75, 3.05) is 12.3 Å². The average Bonchev–Trinajstić information content (AvgIpc) is 2.38. The Balaban J connectivity index is 2.53. The van der Waals surface area contributed by atoms with Crippen LogP contribution in [0, 0.1) is 5.41 Å². The average molecular weight is 278 g/mol. The second kappa shape index (κ2) is 8.04. The molecular formula is C14H22N4O2. The third-order valence-electron chi connectivity index (χ3n) is 2.80. The minimum absolute atomic E-state index is 0.171. The molecule has 1 amide bonds. The molecule has 6 N–H and O–H groups in total. The van der Waals surface area contributed by atoms with Crippen molar-refractivity contribution in [1.29, 1.82) is 5.41 Å². The molecule has 0 unspecified atom stereocenters. The normalized spacial score (nSPS) is 10.1. The van der Waals surface area contributed by atoms with E-state index in [0.29, 0.717) is 17.8 Å². The van der Waals surface area contributed by atoms with Gasteiger partial charge in [-0.15, -0.1) is 0 Å². The molecule has 0 saturated carbocycles. The van der Waals surface area contributed by atoms with Crippen LogP contribution in [0.5, 0.6) is 5.75 Å². The molecule has 110 valence electrons. The summed E-state index contributed by atoms with van der Waals surface area (Å²) in [6, 6.07) is 4.64. The van der Waals surface area contributed by atoms with Gasteiger partial charge < -0.3 is 21.5 Å². The summed E-state index contributed by atoms with van der Waals surface area (Å²) < 4.78 is 5.14. The number of hydrogen-bond acceptors (Lipinski definition) is 4. The molecule has 0 fully saturated rings. The summed E-state index contributed by atoms with van der Waals surface area (Å²) in [7, 11) is 0. The number of carbonyl (C=O) groups is 1. The Morgan fingerprint density at radius 1 is 1.35 bits per heavy atom. The standard InChI is InChI=1S/C14H22N4O2/c1-2-3-4-5-8-18-14(19)20-12-9-10(15)6-7-11(12)13(16)17/h6-7,9H,2-5,8,15H2,1H3,(H3,16,17)(H,18,19). The van der Waals surface area contributed by atoms with E-state index in [0.717, 1.165) is 25.7 Å². The molecule has 0 aliphatic heterocycles. The van der Waals surface area contributed by atoms with Crippen molar-refractivity contribution < 1.29 is 9.53 Å². The number of amides is 1. The highest BCUT2D eigenvalue weighted by molar-refractivity contribution is 5.98. The molecule has 0 radical (unpaired) electrons. The van der Waals surface area contributed by atoms with Crippen LogP contribution in [-0.4, -0.2) is 18.5 Å². The fourth-order valence-electron chi connectivity index (χ4n) is 1.72. The number of unbranched alkanes of at least 4 members (excludes halogenated alkanes) is 3. The first-order chi connectivity index (χ1) is 9.54. The Labute approximate surface area is 119 Å². The first-order valence-electron chi connectivity index (χ1n) is 6.74. The number of anilines is 1. The van der Waals surface area contributed by atoms with Crippen LogP contribution in [0.3, 0.4) is 0 Å². The maximum atomic E-state index is 11.6. The van der Waals surface area contributed by atoms with Crippen molar-refractivity contribution in [2.45, 2.75) is 32.6 Å². The predicted molar refractivity (Wildman–Crippen MR) is 80.0 cm³/mol. The van der Waals surface area contributed by atoms with Gasteiger partial charge in [0, 0.05) is 18.3 Å². The van der Waals surface area contributed by atoms with Crippen molar-refractivity contribution in [3.05, 3.63) is 23.8 Å². The van der Waals surface area contributed by atoms with E-state index in [-0.39, 0.29) is 11.6 Å². The van der Waals surface area contributed by atoms with E-state index in [1.54, 1.807) is 12.1 Å². The summed E-state index contributed by atoms with van der Waals surface area (Å²) in [4.78, 5) is 11.6. The number of nitrogens with two attached hydrogens (primary N) is 2. The summed E-state index contributed by atoms with van der Waals surface area (Å²) in [5.74, 6) is 0.0271. The maximum absolute atomic E-state index is 11.6. The molecule has 0 atom stereocenters. The lowest BCUT2D eigenvalue weighted by atomic mass is 10.1. The van der Waals surface area contributed by atoms with E-state index < -0.39 is 6.09 Å². The SMILES string of the molecule is CCCCCCNC(=O)Oc1cc(N)ccc1C(=N)N. The van der Waals surface area contributed by atoms with Crippen molar-refractivity contribution in [2.24, 2.45) is 5.73 Å². The van der Waals surface area contributed by atoms with Crippen LogP contribution >= 0.6 is 0 Å². The van der Waals surface area contributed by atoms with E-state index in [1.807, 2.05) is 0 Å². The second-order valence-corrected chi connectivity index (χ2v) is 4.55. The Bertz CT molecular complexity index is 474. The van der Waals surface area contributed by atoms with Crippen LogP contribution in [-0.2, 0) is 0 Å². The van der Waals surface area contributed by atoms with E-state index in [4.69, 9.17) is 21.6 Å². The molecule has 0 bridgehead atoms. The number of amidine groups is 1. The molecule has 20 heavy (non-hydrogen) atoms. The largest absolute Gasteiger partial charge is 0.412 e. The monoisotopic (exact) mass is 278 g/mol. The van der Waals surface area contributed by atoms with E-state index in [9.17, 15) is 4.79 Å². The fourth-order valence-corrected chi connectivity index (χ4v) is 1.72. The Morgan fingerprint density at radius 3 is 2.75 bits per heavy atom. The number of carbonyl (C=O) groups excluding carboxylic acids is 1. The van der Waals surface area contributed by atoms with Gasteiger partial charge in [-0.2, -0.15) is 0 Å². The number of rotatable bonds is 7. The number of nitrogens with one attached hydrogen (secondary N) is 2. The highest BCUT2D eigenvalue weighted by atomic mass is 16.6. The van der Waals surface area contributed by atoms with Crippen LogP contribution in [0.1, 0.15) is 38.2 Å². The first-order valence-corrected chi connectivity index (χ1v) is 6.74. The highest BCUT2D eigenvalue weighted by Gasteiger charge is 2.11. The van der Waals surface area contributed by atoms with Gasteiger partial charge in [-0.3, -0.25) is 5.41 Å². The zero-order valence-corrected chi connectivity index (χ0v) is 11.7.